The van der Waals surface area contributed by atoms with E-state index in [2.05, 4.69) is 33.2 Å². The monoisotopic (exact) mass is 327 g/mol. The van der Waals surface area contributed by atoms with Gasteiger partial charge in [-0.3, -0.25) is 4.98 Å². The second-order valence-electron chi connectivity index (χ2n) is 4.99. The van der Waals surface area contributed by atoms with E-state index in [1.165, 1.54) is 51.4 Å². The summed E-state index contributed by atoms with van der Waals surface area (Å²) in [6.45, 7) is 3.23. The number of nitrogens with zero attached hydrogens (tertiary/aromatic N) is 1. The molecule has 0 aliphatic carbocycles. The Bertz CT molecular complexity index is 335. The summed E-state index contributed by atoms with van der Waals surface area (Å²) in [6.07, 6.45) is 14.2. The maximum Gasteiger partial charge on any atom is 0.0750 e. The van der Waals surface area contributed by atoms with E-state index in [9.17, 15) is 0 Å². The second kappa shape index (κ2) is 10.1. The summed E-state index contributed by atoms with van der Waals surface area (Å²) in [6, 6.07) is 0. The molecular weight excluding hydrogens is 302 g/mol. The molecule has 1 aromatic heterocycles. The van der Waals surface area contributed by atoms with Gasteiger partial charge in [-0.25, -0.2) is 0 Å². The summed E-state index contributed by atoms with van der Waals surface area (Å²) >= 11 is 3.46. The number of rotatable bonds is 10. The van der Waals surface area contributed by atoms with Crippen molar-refractivity contribution in [3.8, 4) is 0 Å². The fourth-order valence-corrected chi connectivity index (χ4v) is 2.60. The van der Waals surface area contributed by atoms with E-state index in [0.29, 0.717) is 5.69 Å². The first-order valence-electron chi connectivity index (χ1n) is 7.38. The molecule has 0 bridgehead atoms. The van der Waals surface area contributed by atoms with Crippen LogP contribution in [-0.2, 0) is 0 Å². The maximum atomic E-state index is 5.88. The first-order chi connectivity index (χ1) is 9.25. The van der Waals surface area contributed by atoms with Crippen LogP contribution >= 0.6 is 15.9 Å². The van der Waals surface area contributed by atoms with E-state index in [1.807, 2.05) is 0 Å². The topological polar surface area (TPSA) is 50.9 Å². The molecular formula is C15H26BrN3. The highest BCUT2D eigenvalue weighted by molar-refractivity contribution is 9.10. The van der Waals surface area contributed by atoms with Crippen molar-refractivity contribution >= 4 is 27.3 Å². The molecule has 19 heavy (non-hydrogen) atoms. The third-order valence-corrected chi connectivity index (χ3v) is 3.86. The maximum absolute atomic E-state index is 5.88. The smallest absolute Gasteiger partial charge is 0.0750 e. The third-order valence-electron chi connectivity index (χ3n) is 3.26. The Hall–Kier alpha value is -0.770. The van der Waals surface area contributed by atoms with Crippen LogP contribution in [0.2, 0.25) is 0 Å². The number of nitrogens with two attached hydrogens (primary N) is 1. The number of unbranched alkanes of at least 4 members (excludes halogenated alkanes) is 7. The van der Waals surface area contributed by atoms with Crippen molar-refractivity contribution < 1.29 is 0 Å². The molecule has 3 nitrogen and oxygen atoms in total. The fourth-order valence-electron chi connectivity index (χ4n) is 2.11. The van der Waals surface area contributed by atoms with Gasteiger partial charge in [-0.2, -0.15) is 0 Å². The summed E-state index contributed by atoms with van der Waals surface area (Å²) in [4.78, 5) is 4.03. The van der Waals surface area contributed by atoms with Gasteiger partial charge >= 0.3 is 0 Å². The molecule has 0 aromatic carbocycles. The van der Waals surface area contributed by atoms with E-state index in [0.717, 1.165) is 16.7 Å². The Morgan fingerprint density at radius 3 is 2.32 bits per heavy atom. The Morgan fingerprint density at radius 1 is 1.05 bits per heavy atom. The molecule has 0 aliphatic rings. The molecule has 0 aliphatic heterocycles. The van der Waals surface area contributed by atoms with Gasteiger partial charge in [0.25, 0.3) is 0 Å². The summed E-state index contributed by atoms with van der Waals surface area (Å²) < 4.78 is 0.937. The number of hydrogen-bond donors (Lipinski definition) is 2. The molecule has 0 fully saturated rings. The molecule has 108 valence electrons. The van der Waals surface area contributed by atoms with Crippen molar-refractivity contribution in [3.05, 3.63) is 16.9 Å². The van der Waals surface area contributed by atoms with Gasteiger partial charge in [0, 0.05) is 12.7 Å². The van der Waals surface area contributed by atoms with Crippen LogP contribution in [0, 0.1) is 0 Å². The lowest BCUT2D eigenvalue weighted by molar-refractivity contribution is 0.581. The largest absolute Gasteiger partial charge is 0.396 e. The zero-order valence-corrected chi connectivity index (χ0v) is 13.5. The summed E-state index contributed by atoms with van der Waals surface area (Å²) in [5.74, 6) is 0. The van der Waals surface area contributed by atoms with Gasteiger partial charge in [0.05, 0.1) is 22.0 Å². The fraction of sp³-hybridized carbons (Fsp3) is 0.667. The summed E-state index contributed by atoms with van der Waals surface area (Å²) in [5.41, 5.74) is 7.55. The van der Waals surface area contributed by atoms with Gasteiger partial charge in [0.1, 0.15) is 0 Å². The molecule has 1 aromatic rings. The van der Waals surface area contributed by atoms with E-state index < -0.39 is 0 Å². The number of nitrogen functional groups attached to an aromatic ring is 1. The first kappa shape index (κ1) is 16.3. The molecule has 0 amide bonds. The standard InChI is InChI=1S/C15H26BrN3/c1-2-3-4-5-6-7-8-9-10-19-15-13(16)11-18-12-14(15)17/h11-12H,2-10,17H2,1H3,(H,18,19). The van der Waals surface area contributed by atoms with Crippen LogP contribution in [0.3, 0.4) is 0 Å². The molecule has 4 heteroatoms. The van der Waals surface area contributed by atoms with Gasteiger partial charge < -0.3 is 11.1 Å². The highest BCUT2D eigenvalue weighted by atomic mass is 79.9. The van der Waals surface area contributed by atoms with Gasteiger partial charge in [-0.1, -0.05) is 51.9 Å². The normalized spacial score (nSPS) is 10.6. The molecule has 3 N–H and O–H groups in total. The van der Waals surface area contributed by atoms with Gasteiger partial charge in [-0.15, -0.1) is 0 Å². The number of anilines is 2. The van der Waals surface area contributed by atoms with Crippen LogP contribution in [0.25, 0.3) is 0 Å². The third kappa shape index (κ3) is 6.81. The molecule has 0 unspecified atom stereocenters. The molecule has 1 heterocycles. The van der Waals surface area contributed by atoms with Crippen LogP contribution < -0.4 is 11.1 Å². The first-order valence-corrected chi connectivity index (χ1v) is 8.18. The van der Waals surface area contributed by atoms with E-state index in [-0.39, 0.29) is 0 Å². The molecule has 0 spiro atoms. The van der Waals surface area contributed by atoms with Crippen molar-refractivity contribution in [1.29, 1.82) is 0 Å². The van der Waals surface area contributed by atoms with E-state index in [1.54, 1.807) is 12.4 Å². The Balaban J connectivity index is 2.05. The van der Waals surface area contributed by atoms with Crippen LogP contribution in [-0.4, -0.2) is 11.5 Å². The SMILES string of the molecule is CCCCCCCCCCNc1c(N)cncc1Br. The predicted octanol–water partition coefficient (Wildman–Crippen LogP) is 4.98. The quantitative estimate of drug-likeness (QED) is 0.596. The number of halogens is 1. The number of pyridine rings is 1. The van der Waals surface area contributed by atoms with Crippen LogP contribution in [0.15, 0.2) is 16.9 Å². The summed E-state index contributed by atoms with van der Waals surface area (Å²) in [7, 11) is 0. The zero-order chi connectivity index (χ0) is 13.9. The number of nitrogens with one attached hydrogen (secondary N) is 1. The number of hydrogen-bond acceptors (Lipinski definition) is 3. The van der Waals surface area contributed by atoms with Crippen molar-refractivity contribution in [2.45, 2.75) is 58.3 Å². The van der Waals surface area contributed by atoms with Crippen molar-refractivity contribution in [3.63, 3.8) is 0 Å². The van der Waals surface area contributed by atoms with Gasteiger partial charge in [-0.05, 0) is 22.4 Å². The van der Waals surface area contributed by atoms with Crippen molar-refractivity contribution in [1.82, 2.24) is 4.98 Å². The van der Waals surface area contributed by atoms with E-state index >= 15 is 0 Å². The molecule has 0 atom stereocenters. The average Bonchev–Trinajstić information content (AvgIpc) is 2.40. The highest BCUT2D eigenvalue weighted by Crippen LogP contribution is 2.26. The molecule has 0 saturated heterocycles. The molecule has 0 saturated carbocycles. The van der Waals surface area contributed by atoms with Crippen LogP contribution in [0.1, 0.15) is 58.3 Å². The van der Waals surface area contributed by atoms with Crippen molar-refractivity contribution in [2.75, 3.05) is 17.6 Å². The minimum absolute atomic E-state index is 0.703. The second-order valence-corrected chi connectivity index (χ2v) is 5.84. The minimum Gasteiger partial charge on any atom is -0.396 e. The Labute approximate surface area is 125 Å². The average molecular weight is 328 g/mol. The molecule has 0 radical (unpaired) electrons. The predicted molar refractivity (Wildman–Crippen MR) is 87.4 cm³/mol. The Morgan fingerprint density at radius 2 is 1.68 bits per heavy atom. The lowest BCUT2D eigenvalue weighted by atomic mass is 10.1. The van der Waals surface area contributed by atoms with Crippen LogP contribution in [0.4, 0.5) is 11.4 Å². The minimum atomic E-state index is 0.703. The zero-order valence-electron chi connectivity index (χ0n) is 11.9. The lowest BCUT2D eigenvalue weighted by Gasteiger charge is -2.10. The highest BCUT2D eigenvalue weighted by Gasteiger charge is 2.03. The van der Waals surface area contributed by atoms with Crippen LogP contribution in [0.5, 0.6) is 0 Å². The lowest BCUT2D eigenvalue weighted by Crippen LogP contribution is -2.05. The van der Waals surface area contributed by atoms with E-state index in [4.69, 9.17) is 5.73 Å². The van der Waals surface area contributed by atoms with Crippen molar-refractivity contribution in [2.24, 2.45) is 0 Å². The van der Waals surface area contributed by atoms with Gasteiger partial charge in [0.2, 0.25) is 0 Å². The van der Waals surface area contributed by atoms with Gasteiger partial charge in [0.15, 0.2) is 0 Å². The number of aromatic nitrogens is 1. The Kier molecular flexibility index (Phi) is 8.63. The summed E-state index contributed by atoms with van der Waals surface area (Å²) in [5, 5.41) is 3.38. The molecule has 1 rings (SSSR count).